The summed E-state index contributed by atoms with van der Waals surface area (Å²) in [4.78, 5) is 3.90. The number of ether oxygens (including phenoxy) is 2. The molecule has 0 saturated heterocycles. The van der Waals surface area contributed by atoms with E-state index >= 15 is 0 Å². The first-order valence-electron chi connectivity index (χ1n) is 5.25. The number of nitrogens with two attached hydrogens (primary N) is 1. The molecule has 0 fully saturated rings. The van der Waals surface area contributed by atoms with Gasteiger partial charge in [0.15, 0.2) is 0 Å². The predicted molar refractivity (Wildman–Crippen MR) is 65.3 cm³/mol. The van der Waals surface area contributed by atoms with Crippen molar-refractivity contribution < 1.29 is 27.1 Å². The van der Waals surface area contributed by atoms with Gasteiger partial charge < -0.3 is 19.6 Å². The quantitative estimate of drug-likeness (QED) is 0.910. The second-order valence-corrected chi connectivity index (χ2v) is 4.41. The van der Waals surface area contributed by atoms with Crippen LogP contribution in [-0.4, -0.2) is 11.3 Å². The van der Waals surface area contributed by atoms with Gasteiger partial charge in [-0.15, -0.1) is 13.2 Å². The Labute approximate surface area is 119 Å². The van der Waals surface area contributed by atoms with Crippen LogP contribution in [0.2, 0.25) is 0 Å². The topological polar surface area (TPSA) is 70.5 Å². The maximum Gasteiger partial charge on any atom is 0.573 e. The molecule has 5 nitrogen and oxygen atoms in total. The molecule has 0 amide bonds. The zero-order valence-corrected chi connectivity index (χ0v) is 11.4. The van der Waals surface area contributed by atoms with Crippen LogP contribution in [0.15, 0.2) is 33.4 Å². The van der Waals surface area contributed by atoms with Crippen LogP contribution >= 0.6 is 15.9 Å². The zero-order chi connectivity index (χ0) is 14.8. The van der Waals surface area contributed by atoms with Crippen LogP contribution in [0.3, 0.4) is 0 Å². The van der Waals surface area contributed by atoms with Crippen LogP contribution in [0.1, 0.15) is 5.69 Å². The lowest BCUT2D eigenvalue weighted by Crippen LogP contribution is -2.17. The molecule has 108 valence electrons. The molecule has 1 heterocycles. The Hall–Kier alpha value is -1.74. The second kappa shape index (κ2) is 5.71. The molecule has 0 aliphatic rings. The molecular weight excluding hydrogens is 345 g/mol. The number of rotatable bonds is 4. The van der Waals surface area contributed by atoms with Crippen molar-refractivity contribution in [3.63, 3.8) is 0 Å². The fraction of sp³-hybridized carbons (Fsp3) is 0.182. The lowest BCUT2D eigenvalue weighted by Gasteiger charge is -2.11. The zero-order valence-electron chi connectivity index (χ0n) is 9.78. The lowest BCUT2D eigenvalue weighted by atomic mass is 10.3. The Kier molecular flexibility index (Phi) is 4.19. The van der Waals surface area contributed by atoms with Gasteiger partial charge in [0.05, 0.1) is 10.2 Å². The molecule has 0 unspecified atom stereocenters. The van der Waals surface area contributed by atoms with Gasteiger partial charge in [-0.05, 0) is 34.1 Å². The van der Waals surface area contributed by atoms with Crippen molar-refractivity contribution in [2.45, 2.75) is 12.9 Å². The highest BCUT2D eigenvalue weighted by Crippen LogP contribution is 2.34. The summed E-state index contributed by atoms with van der Waals surface area (Å²) in [5.41, 5.74) is 5.85. The summed E-state index contributed by atoms with van der Waals surface area (Å²) in [6.07, 6.45) is -3.49. The molecule has 0 aliphatic heterocycles. The normalized spacial score (nSPS) is 11.4. The van der Waals surface area contributed by atoms with Gasteiger partial charge in [0.1, 0.15) is 17.8 Å². The van der Waals surface area contributed by atoms with Crippen molar-refractivity contribution in [3.8, 4) is 17.6 Å². The number of alkyl halides is 3. The van der Waals surface area contributed by atoms with E-state index in [2.05, 4.69) is 25.7 Å². The SMILES string of the molecule is NCc1coc(Oc2ccc(OC(F)(F)F)c(Br)c2)n1. The standard InChI is InChI=1S/C11H8BrF3N2O3/c12-8-3-7(1-2-9(8)20-11(13,14)15)19-10-17-6(4-16)5-18-10/h1-3,5H,4,16H2. The van der Waals surface area contributed by atoms with Gasteiger partial charge in [-0.1, -0.05) is 0 Å². The first-order valence-corrected chi connectivity index (χ1v) is 6.04. The van der Waals surface area contributed by atoms with E-state index in [1.54, 1.807) is 0 Å². The van der Waals surface area contributed by atoms with E-state index in [1.807, 2.05) is 0 Å². The highest BCUT2D eigenvalue weighted by molar-refractivity contribution is 9.10. The molecule has 2 N–H and O–H groups in total. The predicted octanol–water partition coefficient (Wildman–Crippen LogP) is 3.59. The average Bonchev–Trinajstić information content (AvgIpc) is 2.79. The number of hydrogen-bond acceptors (Lipinski definition) is 5. The molecule has 0 atom stereocenters. The fourth-order valence-corrected chi connectivity index (χ4v) is 1.72. The minimum absolute atomic E-state index is 0.0539. The Bertz CT molecular complexity index is 601. The smallest absolute Gasteiger partial charge is 0.417 e. The first kappa shape index (κ1) is 14.7. The van der Waals surface area contributed by atoms with E-state index in [9.17, 15) is 13.2 Å². The third-order valence-electron chi connectivity index (χ3n) is 2.07. The van der Waals surface area contributed by atoms with Gasteiger partial charge in [0.25, 0.3) is 0 Å². The van der Waals surface area contributed by atoms with Crippen molar-refractivity contribution in [1.82, 2.24) is 4.98 Å². The van der Waals surface area contributed by atoms with E-state index in [4.69, 9.17) is 14.9 Å². The summed E-state index contributed by atoms with van der Waals surface area (Å²) in [5, 5.41) is 0. The molecule has 0 bridgehead atoms. The van der Waals surface area contributed by atoms with Crippen LogP contribution in [0, 0.1) is 0 Å². The van der Waals surface area contributed by atoms with Gasteiger partial charge in [-0.2, -0.15) is 4.98 Å². The van der Waals surface area contributed by atoms with Crippen LogP contribution in [-0.2, 0) is 6.54 Å². The minimum atomic E-state index is -4.76. The number of nitrogens with zero attached hydrogens (tertiary/aromatic N) is 1. The molecule has 0 saturated carbocycles. The summed E-state index contributed by atoms with van der Waals surface area (Å²) in [7, 11) is 0. The highest BCUT2D eigenvalue weighted by Gasteiger charge is 2.32. The Balaban J connectivity index is 2.12. The van der Waals surface area contributed by atoms with Gasteiger partial charge in [0.2, 0.25) is 0 Å². The summed E-state index contributed by atoms with van der Waals surface area (Å²) >= 11 is 2.96. The number of aromatic nitrogens is 1. The monoisotopic (exact) mass is 352 g/mol. The van der Waals surface area contributed by atoms with Crippen molar-refractivity contribution >= 4 is 15.9 Å². The second-order valence-electron chi connectivity index (χ2n) is 3.55. The Morgan fingerprint density at radius 2 is 2.10 bits per heavy atom. The van der Waals surface area contributed by atoms with Crippen LogP contribution in [0.25, 0.3) is 0 Å². The van der Waals surface area contributed by atoms with Crippen molar-refractivity contribution in [2.24, 2.45) is 5.73 Å². The number of halogens is 4. The van der Waals surface area contributed by atoms with Gasteiger partial charge in [-0.25, -0.2) is 0 Å². The molecule has 2 aromatic rings. The van der Waals surface area contributed by atoms with E-state index in [0.29, 0.717) is 5.69 Å². The molecule has 9 heteroatoms. The summed E-state index contributed by atoms with van der Waals surface area (Å²) in [6.45, 7) is 0.189. The maximum atomic E-state index is 12.1. The van der Waals surface area contributed by atoms with Gasteiger partial charge >= 0.3 is 12.4 Å². The molecule has 1 aromatic heterocycles. The Morgan fingerprint density at radius 3 is 2.65 bits per heavy atom. The molecule has 20 heavy (non-hydrogen) atoms. The van der Waals surface area contributed by atoms with E-state index in [0.717, 1.165) is 6.07 Å². The number of hydrogen-bond donors (Lipinski definition) is 1. The summed E-state index contributed by atoms with van der Waals surface area (Å²) in [6, 6.07) is 3.70. The Morgan fingerprint density at radius 1 is 1.35 bits per heavy atom. The van der Waals surface area contributed by atoms with Gasteiger partial charge in [0, 0.05) is 6.54 Å². The third kappa shape index (κ3) is 3.87. The average molecular weight is 353 g/mol. The van der Waals surface area contributed by atoms with Crippen molar-refractivity contribution in [1.29, 1.82) is 0 Å². The van der Waals surface area contributed by atoms with Crippen LogP contribution in [0.4, 0.5) is 13.2 Å². The largest absolute Gasteiger partial charge is 0.573 e. The first-order chi connectivity index (χ1) is 9.37. The molecule has 1 aromatic carbocycles. The van der Waals surface area contributed by atoms with Crippen molar-refractivity contribution in [3.05, 3.63) is 34.6 Å². The summed E-state index contributed by atoms with van der Waals surface area (Å²) in [5.74, 6) is -0.142. The van der Waals surface area contributed by atoms with E-state index in [1.165, 1.54) is 18.4 Å². The highest BCUT2D eigenvalue weighted by atomic mass is 79.9. The molecule has 0 aliphatic carbocycles. The number of oxazole rings is 1. The molecule has 2 rings (SSSR count). The van der Waals surface area contributed by atoms with Gasteiger partial charge in [-0.3, -0.25) is 0 Å². The molecule has 0 radical (unpaired) electrons. The maximum absolute atomic E-state index is 12.1. The van der Waals surface area contributed by atoms with Crippen molar-refractivity contribution in [2.75, 3.05) is 0 Å². The molecule has 0 spiro atoms. The fourth-order valence-electron chi connectivity index (χ4n) is 1.28. The third-order valence-corrected chi connectivity index (χ3v) is 2.69. The minimum Gasteiger partial charge on any atom is -0.417 e. The molecular formula is C11H8BrF3N2O3. The van der Waals surface area contributed by atoms with E-state index < -0.39 is 6.36 Å². The van der Waals surface area contributed by atoms with Crippen LogP contribution in [0.5, 0.6) is 17.6 Å². The lowest BCUT2D eigenvalue weighted by molar-refractivity contribution is -0.274. The number of benzene rings is 1. The summed E-state index contributed by atoms with van der Waals surface area (Å²) < 4.78 is 50.4. The van der Waals surface area contributed by atoms with E-state index in [-0.39, 0.29) is 28.6 Å². The van der Waals surface area contributed by atoms with Crippen LogP contribution < -0.4 is 15.2 Å².